The van der Waals surface area contributed by atoms with E-state index in [1.54, 1.807) is 18.4 Å². The third kappa shape index (κ3) is 2.96. The van der Waals surface area contributed by atoms with Crippen molar-refractivity contribution in [2.45, 2.75) is 77.6 Å². The highest BCUT2D eigenvalue weighted by Crippen LogP contribution is 2.72. The molecule has 27 heavy (non-hydrogen) atoms. The van der Waals surface area contributed by atoms with Gasteiger partial charge in [0.1, 0.15) is 0 Å². The molecule has 0 aliphatic heterocycles. The van der Waals surface area contributed by atoms with E-state index in [0.29, 0.717) is 5.41 Å². The Balaban J connectivity index is 0.000000872. The molecular formula is C25H42O2. The molecule has 0 aromatic rings. The summed E-state index contributed by atoms with van der Waals surface area (Å²) in [6.07, 6.45) is 16.3. The Bertz CT molecular complexity index is 553. The Labute approximate surface area is 167 Å². The second-order valence-corrected chi connectivity index (χ2v) is 10.7. The van der Waals surface area contributed by atoms with E-state index in [1.807, 2.05) is 7.11 Å². The highest BCUT2D eigenvalue weighted by atomic mass is 16.5. The number of hydrogen-bond donors (Lipinski definition) is 1. The molecule has 0 bridgehead atoms. The average molecular weight is 375 g/mol. The van der Waals surface area contributed by atoms with E-state index in [-0.39, 0.29) is 0 Å². The molecular weight excluding hydrogens is 332 g/mol. The third-order valence-corrected chi connectivity index (χ3v) is 10.0. The molecule has 5 aliphatic carbocycles. The maximum absolute atomic E-state index is 7.00. The van der Waals surface area contributed by atoms with Gasteiger partial charge in [-0.05, 0) is 117 Å². The molecule has 5 rings (SSSR count). The Hall–Kier alpha value is -0.340. The van der Waals surface area contributed by atoms with Gasteiger partial charge in [-0.2, -0.15) is 0 Å². The minimum absolute atomic E-state index is 0.492. The first-order chi connectivity index (χ1) is 13.1. The zero-order valence-corrected chi connectivity index (χ0v) is 18.0. The van der Waals surface area contributed by atoms with Gasteiger partial charge in [-0.1, -0.05) is 19.1 Å². The van der Waals surface area contributed by atoms with Gasteiger partial charge in [0.25, 0.3) is 0 Å². The maximum atomic E-state index is 7.00. The minimum Gasteiger partial charge on any atom is -0.400 e. The number of aliphatic hydroxyl groups is 1. The molecule has 5 fully saturated rings. The fourth-order valence-corrected chi connectivity index (χ4v) is 8.78. The van der Waals surface area contributed by atoms with Crippen molar-refractivity contribution in [1.82, 2.24) is 0 Å². The number of aliphatic hydroxyl groups excluding tert-OH is 1. The Morgan fingerprint density at radius 2 is 1.70 bits per heavy atom. The molecule has 2 heteroatoms. The van der Waals surface area contributed by atoms with Gasteiger partial charge in [-0.15, -0.1) is 0 Å². The Morgan fingerprint density at radius 3 is 2.41 bits per heavy atom. The molecule has 0 aromatic heterocycles. The van der Waals surface area contributed by atoms with Crippen LogP contribution in [0.1, 0.15) is 77.6 Å². The predicted octanol–water partition coefficient (Wildman–Crippen LogP) is 5.85. The fraction of sp³-hybridized carbons (Fsp3) is 0.920. The number of hydrogen-bond acceptors (Lipinski definition) is 2. The lowest BCUT2D eigenvalue weighted by molar-refractivity contribution is -0.132. The first-order valence-electron chi connectivity index (χ1n) is 11.7. The summed E-state index contributed by atoms with van der Waals surface area (Å²) in [6, 6.07) is 0. The van der Waals surface area contributed by atoms with Gasteiger partial charge >= 0.3 is 0 Å². The second kappa shape index (κ2) is 7.48. The monoisotopic (exact) mass is 374 g/mol. The summed E-state index contributed by atoms with van der Waals surface area (Å²) in [5.74, 6) is 5.98. The molecule has 0 aromatic carbocycles. The van der Waals surface area contributed by atoms with Crippen molar-refractivity contribution in [2.24, 2.45) is 46.3 Å². The smallest absolute Gasteiger partial charge is 0.0490 e. The van der Waals surface area contributed by atoms with Crippen LogP contribution in [0.15, 0.2) is 12.2 Å². The van der Waals surface area contributed by atoms with Crippen LogP contribution in [0.2, 0.25) is 0 Å². The molecule has 0 radical (unpaired) electrons. The lowest BCUT2D eigenvalue weighted by atomic mass is 9.42. The van der Waals surface area contributed by atoms with Crippen LogP contribution in [0.3, 0.4) is 0 Å². The van der Waals surface area contributed by atoms with Crippen molar-refractivity contribution in [3.8, 4) is 0 Å². The average Bonchev–Trinajstić information content (AvgIpc) is 3.49. The molecule has 154 valence electrons. The van der Waals surface area contributed by atoms with Gasteiger partial charge in [0, 0.05) is 20.8 Å². The fourth-order valence-electron chi connectivity index (χ4n) is 8.78. The van der Waals surface area contributed by atoms with Gasteiger partial charge in [0.2, 0.25) is 0 Å². The SMILES string of the molecule is C=C1CCC2C3CCC4CC(COC)CCC4(C4CC4)C3CCC12C.CO. The molecule has 7 unspecified atom stereocenters. The number of rotatable bonds is 3. The number of methoxy groups -OCH3 is 1. The van der Waals surface area contributed by atoms with E-state index in [4.69, 9.17) is 9.84 Å². The summed E-state index contributed by atoms with van der Waals surface area (Å²) in [4.78, 5) is 0. The molecule has 2 nitrogen and oxygen atoms in total. The number of fused-ring (bicyclic) bond motifs is 5. The second-order valence-electron chi connectivity index (χ2n) is 10.7. The van der Waals surface area contributed by atoms with Crippen LogP contribution in [0.25, 0.3) is 0 Å². The van der Waals surface area contributed by atoms with E-state index >= 15 is 0 Å². The lowest BCUT2D eigenvalue weighted by Gasteiger charge is -2.62. The van der Waals surface area contributed by atoms with Crippen molar-refractivity contribution in [3.05, 3.63) is 12.2 Å². The molecule has 5 saturated carbocycles. The number of ether oxygens (including phenoxy) is 1. The van der Waals surface area contributed by atoms with Crippen molar-refractivity contribution in [2.75, 3.05) is 20.8 Å². The summed E-state index contributed by atoms with van der Waals surface area (Å²) in [7, 11) is 2.90. The molecule has 7 atom stereocenters. The van der Waals surface area contributed by atoms with Gasteiger partial charge < -0.3 is 9.84 Å². The van der Waals surface area contributed by atoms with Crippen LogP contribution < -0.4 is 0 Å². The lowest BCUT2D eigenvalue weighted by Crippen LogP contribution is -2.55. The predicted molar refractivity (Wildman–Crippen MR) is 111 cm³/mol. The summed E-state index contributed by atoms with van der Waals surface area (Å²) in [6.45, 7) is 8.09. The minimum atomic E-state index is 0.492. The Kier molecular flexibility index (Phi) is 5.53. The molecule has 0 amide bonds. The van der Waals surface area contributed by atoms with Crippen molar-refractivity contribution in [1.29, 1.82) is 0 Å². The summed E-state index contributed by atoms with van der Waals surface area (Å²) < 4.78 is 5.55. The topological polar surface area (TPSA) is 29.5 Å². The maximum Gasteiger partial charge on any atom is 0.0490 e. The molecule has 5 aliphatic rings. The normalized spacial score (nSPS) is 48.7. The van der Waals surface area contributed by atoms with E-state index in [9.17, 15) is 0 Å². The molecule has 1 N–H and O–H groups in total. The summed E-state index contributed by atoms with van der Waals surface area (Å²) >= 11 is 0. The van der Waals surface area contributed by atoms with Crippen molar-refractivity contribution >= 4 is 0 Å². The van der Waals surface area contributed by atoms with E-state index < -0.39 is 0 Å². The molecule has 0 spiro atoms. The van der Waals surface area contributed by atoms with E-state index in [1.165, 1.54) is 57.8 Å². The van der Waals surface area contributed by atoms with Gasteiger partial charge in [0.05, 0.1) is 0 Å². The largest absolute Gasteiger partial charge is 0.400 e. The summed E-state index contributed by atoms with van der Waals surface area (Å²) in [5, 5.41) is 7.00. The standard InChI is InChI=1S/C24H38O.CH4O/c1-16-4-9-21-20-8-7-19-14-17(15-25-3)10-13-24(19,18-5-6-18)22(20)11-12-23(16,21)2;1-2/h17-22H,1,4-15H2,2-3H3;2H,1H3. The van der Waals surface area contributed by atoms with E-state index in [0.717, 1.165) is 54.6 Å². The quantitative estimate of drug-likeness (QED) is 0.628. The van der Waals surface area contributed by atoms with Gasteiger partial charge in [0.15, 0.2) is 0 Å². The van der Waals surface area contributed by atoms with E-state index in [2.05, 4.69) is 13.5 Å². The van der Waals surface area contributed by atoms with Crippen LogP contribution in [0.4, 0.5) is 0 Å². The molecule has 0 saturated heterocycles. The van der Waals surface area contributed by atoms with Gasteiger partial charge in [-0.25, -0.2) is 0 Å². The summed E-state index contributed by atoms with van der Waals surface area (Å²) in [5.41, 5.74) is 2.83. The number of allylic oxidation sites excluding steroid dienone is 1. The first-order valence-corrected chi connectivity index (χ1v) is 11.7. The zero-order chi connectivity index (χ0) is 19.2. The van der Waals surface area contributed by atoms with Crippen LogP contribution in [0.5, 0.6) is 0 Å². The van der Waals surface area contributed by atoms with Crippen molar-refractivity contribution in [3.63, 3.8) is 0 Å². The Morgan fingerprint density at radius 1 is 0.963 bits per heavy atom. The van der Waals surface area contributed by atoms with Crippen LogP contribution in [-0.2, 0) is 4.74 Å². The highest BCUT2D eigenvalue weighted by molar-refractivity contribution is 5.22. The van der Waals surface area contributed by atoms with Crippen LogP contribution in [-0.4, -0.2) is 25.9 Å². The van der Waals surface area contributed by atoms with Crippen LogP contribution in [0, 0.1) is 46.3 Å². The zero-order valence-electron chi connectivity index (χ0n) is 18.0. The highest BCUT2D eigenvalue weighted by Gasteiger charge is 2.63. The first kappa shape index (κ1) is 20.0. The van der Waals surface area contributed by atoms with Gasteiger partial charge in [-0.3, -0.25) is 0 Å². The van der Waals surface area contributed by atoms with Crippen LogP contribution >= 0.6 is 0 Å². The molecule has 0 heterocycles. The van der Waals surface area contributed by atoms with Crippen molar-refractivity contribution < 1.29 is 9.84 Å². The third-order valence-electron chi connectivity index (χ3n) is 10.0.